The molecule has 0 saturated heterocycles. The minimum Gasteiger partial charge on any atom is -0.370 e. The summed E-state index contributed by atoms with van der Waals surface area (Å²) in [5.41, 5.74) is 9.10. The van der Waals surface area contributed by atoms with Gasteiger partial charge in [-0.05, 0) is 57.2 Å². The van der Waals surface area contributed by atoms with Crippen LogP contribution in [0.1, 0.15) is 40.4 Å². The van der Waals surface area contributed by atoms with Crippen molar-refractivity contribution in [2.45, 2.75) is 20.8 Å². The van der Waals surface area contributed by atoms with Crippen molar-refractivity contribution in [3.8, 4) is 5.69 Å². The number of aryl methyl sites for hydroxylation is 1. The fourth-order valence-electron chi connectivity index (χ4n) is 3.25. The van der Waals surface area contributed by atoms with Crippen LogP contribution < -0.4 is 16.0 Å². The predicted octanol–water partition coefficient (Wildman–Crippen LogP) is 3.38. The normalized spacial score (nSPS) is 10.6. The number of benzene rings is 2. The third-order valence-electron chi connectivity index (χ3n) is 4.70. The molecule has 0 bridgehead atoms. The standard InChI is InChI=1S/C22H25N5O2/c1-4-26(5-2)19-12-7-6-11-18(19)24-22(29)20-13-15(3)25-27(20)17-10-8-9-16(14-17)21(23)28/h6-14H,4-5H2,1-3H3,(H2,23,28)(H,24,29). The van der Waals surface area contributed by atoms with Crippen molar-refractivity contribution in [3.05, 3.63) is 71.5 Å². The molecule has 0 unspecified atom stereocenters. The van der Waals surface area contributed by atoms with Gasteiger partial charge in [0, 0.05) is 18.7 Å². The topological polar surface area (TPSA) is 93.2 Å². The molecule has 0 atom stereocenters. The van der Waals surface area contributed by atoms with Crippen molar-refractivity contribution in [1.82, 2.24) is 9.78 Å². The van der Waals surface area contributed by atoms with E-state index in [-0.39, 0.29) is 5.91 Å². The highest BCUT2D eigenvalue weighted by Gasteiger charge is 2.18. The Hall–Kier alpha value is -3.61. The first-order valence-electron chi connectivity index (χ1n) is 9.56. The quantitative estimate of drug-likeness (QED) is 0.646. The summed E-state index contributed by atoms with van der Waals surface area (Å²) < 4.78 is 1.52. The molecule has 3 rings (SSSR count). The van der Waals surface area contributed by atoms with Crippen LogP contribution in [0.2, 0.25) is 0 Å². The van der Waals surface area contributed by atoms with Gasteiger partial charge in [0.05, 0.1) is 22.8 Å². The number of nitrogens with zero attached hydrogens (tertiary/aromatic N) is 3. The van der Waals surface area contributed by atoms with Crippen molar-refractivity contribution >= 4 is 23.2 Å². The minimum absolute atomic E-state index is 0.283. The van der Waals surface area contributed by atoms with Crippen molar-refractivity contribution < 1.29 is 9.59 Å². The minimum atomic E-state index is -0.533. The van der Waals surface area contributed by atoms with Crippen molar-refractivity contribution in [3.63, 3.8) is 0 Å². The Morgan fingerprint density at radius 1 is 1.07 bits per heavy atom. The van der Waals surface area contributed by atoms with E-state index >= 15 is 0 Å². The zero-order valence-electron chi connectivity index (χ0n) is 16.8. The van der Waals surface area contributed by atoms with E-state index in [9.17, 15) is 9.59 Å². The van der Waals surface area contributed by atoms with Crippen LogP contribution in [-0.2, 0) is 0 Å². The molecule has 3 N–H and O–H groups in total. The summed E-state index contributed by atoms with van der Waals surface area (Å²) in [6.45, 7) is 7.63. The number of anilines is 2. The highest BCUT2D eigenvalue weighted by molar-refractivity contribution is 6.05. The summed E-state index contributed by atoms with van der Waals surface area (Å²) in [4.78, 5) is 26.8. The fraction of sp³-hybridized carbons (Fsp3) is 0.227. The molecule has 7 heteroatoms. The monoisotopic (exact) mass is 391 g/mol. The zero-order valence-corrected chi connectivity index (χ0v) is 16.8. The van der Waals surface area contributed by atoms with Gasteiger partial charge in [0.15, 0.2) is 0 Å². The van der Waals surface area contributed by atoms with Crippen LogP contribution in [-0.4, -0.2) is 34.7 Å². The molecule has 0 aliphatic carbocycles. The number of carbonyl (C=O) groups excluding carboxylic acids is 2. The van der Waals surface area contributed by atoms with Gasteiger partial charge in [0.1, 0.15) is 5.69 Å². The molecule has 1 heterocycles. The van der Waals surface area contributed by atoms with Gasteiger partial charge in [-0.15, -0.1) is 0 Å². The number of amides is 2. The Labute approximate surface area is 170 Å². The molecule has 0 spiro atoms. The number of rotatable bonds is 7. The number of hydrogen-bond donors (Lipinski definition) is 2. The first kappa shape index (κ1) is 20.1. The van der Waals surface area contributed by atoms with E-state index in [1.54, 1.807) is 30.3 Å². The average Bonchev–Trinajstić information content (AvgIpc) is 3.12. The van der Waals surface area contributed by atoms with Gasteiger partial charge < -0.3 is 16.0 Å². The summed E-state index contributed by atoms with van der Waals surface area (Å²) in [7, 11) is 0. The van der Waals surface area contributed by atoms with Gasteiger partial charge in [-0.3, -0.25) is 9.59 Å². The molecule has 2 aromatic carbocycles. The van der Waals surface area contributed by atoms with Crippen LogP contribution in [0.4, 0.5) is 11.4 Å². The second-order valence-corrected chi connectivity index (χ2v) is 6.64. The van der Waals surface area contributed by atoms with Crippen molar-refractivity contribution in [2.75, 3.05) is 23.3 Å². The summed E-state index contributed by atoms with van der Waals surface area (Å²) in [6, 6.07) is 16.2. The summed E-state index contributed by atoms with van der Waals surface area (Å²) in [5.74, 6) is -0.815. The van der Waals surface area contributed by atoms with Crippen LogP contribution in [0.15, 0.2) is 54.6 Å². The van der Waals surface area contributed by atoms with E-state index < -0.39 is 5.91 Å². The molecule has 3 aromatic rings. The maximum absolute atomic E-state index is 13.1. The molecule has 0 aliphatic rings. The third-order valence-corrected chi connectivity index (χ3v) is 4.70. The summed E-state index contributed by atoms with van der Waals surface area (Å²) in [6.07, 6.45) is 0. The molecule has 29 heavy (non-hydrogen) atoms. The van der Waals surface area contributed by atoms with Crippen LogP contribution >= 0.6 is 0 Å². The lowest BCUT2D eigenvalue weighted by Crippen LogP contribution is -2.24. The zero-order chi connectivity index (χ0) is 21.0. The van der Waals surface area contributed by atoms with Gasteiger partial charge in [-0.2, -0.15) is 5.10 Å². The molecule has 0 saturated carbocycles. The van der Waals surface area contributed by atoms with Gasteiger partial charge in [0.25, 0.3) is 5.91 Å². The van der Waals surface area contributed by atoms with E-state index in [1.807, 2.05) is 31.2 Å². The highest BCUT2D eigenvalue weighted by atomic mass is 16.2. The highest BCUT2D eigenvalue weighted by Crippen LogP contribution is 2.26. The van der Waals surface area contributed by atoms with E-state index in [1.165, 1.54) is 4.68 Å². The van der Waals surface area contributed by atoms with Crippen LogP contribution in [0.25, 0.3) is 5.69 Å². The van der Waals surface area contributed by atoms with E-state index in [0.29, 0.717) is 22.6 Å². The number of aromatic nitrogens is 2. The Bertz CT molecular complexity index is 1040. The second-order valence-electron chi connectivity index (χ2n) is 6.64. The van der Waals surface area contributed by atoms with E-state index in [2.05, 4.69) is 29.2 Å². The molecule has 1 aromatic heterocycles. The first-order valence-corrected chi connectivity index (χ1v) is 9.56. The largest absolute Gasteiger partial charge is 0.370 e. The molecule has 2 amide bonds. The maximum Gasteiger partial charge on any atom is 0.274 e. The third kappa shape index (κ3) is 4.29. The molecule has 0 radical (unpaired) electrons. The van der Waals surface area contributed by atoms with Gasteiger partial charge in [-0.25, -0.2) is 4.68 Å². The number of hydrogen-bond acceptors (Lipinski definition) is 4. The van der Waals surface area contributed by atoms with Gasteiger partial charge in [-0.1, -0.05) is 18.2 Å². The molecular formula is C22H25N5O2. The number of nitrogens with one attached hydrogen (secondary N) is 1. The summed E-state index contributed by atoms with van der Waals surface area (Å²) >= 11 is 0. The first-order chi connectivity index (χ1) is 13.9. The average molecular weight is 391 g/mol. The molecular weight excluding hydrogens is 366 g/mol. The molecule has 0 fully saturated rings. The van der Waals surface area contributed by atoms with Crippen LogP contribution in [0.5, 0.6) is 0 Å². The lowest BCUT2D eigenvalue weighted by Gasteiger charge is -2.24. The number of nitrogens with two attached hydrogens (primary N) is 1. The number of carbonyl (C=O) groups is 2. The van der Waals surface area contributed by atoms with Gasteiger partial charge >= 0.3 is 0 Å². The molecule has 150 valence electrons. The van der Waals surface area contributed by atoms with E-state index in [0.717, 1.165) is 24.5 Å². The van der Waals surface area contributed by atoms with E-state index in [4.69, 9.17) is 5.73 Å². The van der Waals surface area contributed by atoms with Crippen LogP contribution in [0.3, 0.4) is 0 Å². The lowest BCUT2D eigenvalue weighted by atomic mass is 10.2. The Kier molecular flexibility index (Phi) is 5.97. The Morgan fingerprint density at radius 2 is 1.79 bits per heavy atom. The predicted molar refractivity (Wildman–Crippen MR) is 115 cm³/mol. The van der Waals surface area contributed by atoms with Crippen molar-refractivity contribution in [2.24, 2.45) is 5.73 Å². The summed E-state index contributed by atoms with van der Waals surface area (Å²) in [5, 5.41) is 7.43. The lowest BCUT2D eigenvalue weighted by molar-refractivity contribution is 0.0997. The van der Waals surface area contributed by atoms with Crippen molar-refractivity contribution in [1.29, 1.82) is 0 Å². The fourth-order valence-corrected chi connectivity index (χ4v) is 3.25. The molecule has 0 aliphatic heterocycles. The smallest absolute Gasteiger partial charge is 0.274 e. The molecule has 7 nitrogen and oxygen atoms in total. The van der Waals surface area contributed by atoms with Gasteiger partial charge in [0.2, 0.25) is 5.91 Å². The Morgan fingerprint density at radius 3 is 2.48 bits per heavy atom. The maximum atomic E-state index is 13.1. The SMILES string of the molecule is CCN(CC)c1ccccc1NC(=O)c1cc(C)nn1-c1cccc(C(N)=O)c1. The second kappa shape index (κ2) is 8.60. The number of para-hydroxylation sites is 2. The Balaban J connectivity index is 1.97. The number of primary amides is 1. The van der Waals surface area contributed by atoms with Crippen LogP contribution in [0, 0.1) is 6.92 Å².